The van der Waals surface area contributed by atoms with E-state index in [1.54, 1.807) is 0 Å². The van der Waals surface area contributed by atoms with Crippen molar-refractivity contribution >= 4 is 25.3 Å². The lowest BCUT2D eigenvalue weighted by molar-refractivity contribution is 0.119. The van der Waals surface area contributed by atoms with Gasteiger partial charge in [-0.15, -0.1) is 0 Å². The maximum atomic E-state index is 13.6. The zero-order valence-corrected chi connectivity index (χ0v) is 23.2. The molecular weight excluding hydrogens is 455 g/mol. The topological polar surface area (TPSA) is 52.0 Å². The molecular formula is C28H41FN4OSi. The third kappa shape index (κ3) is 5.77. The molecule has 4 rings (SSSR count). The Hall–Kier alpha value is -2.25. The van der Waals surface area contributed by atoms with Gasteiger partial charge >= 0.3 is 0 Å². The highest BCUT2D eigenvalue weighted by atomic mass is 28.4. The van der Waals surface area contributed by atoms with Crippen molar-refractivity contribution in [1.29, 1.82) is 0 Å². The summed E-state index contributed by atoms with van der Waals surface area (Å²) < 4.78 is 22.7. The third-order valence-electron chi connectivity index (χ3n) is 7.84. The predicted molar refractivity (Wildman–Crippen MR) is 146 cm³/mol. The van der Waals surface area contributed by atoms with Gasteiger partial charge in [0.1, 0.15) is 11.5 Å². The number of nitrogens with zero attached hydrogens (tertiary/aromatic N) is 3. The lowest BCUT2D eigenvalue weighted by atomic mass is 9.93. The van der Waals surface area contributed by atoms with E-state index in [9.17, 15) is 4.39 Å². The van der Waals surface area contributed by atoms with Gasteiger partial charge in [-0.2, -0.15) is 4.98 Å². The lowest BCUT2D eigenvalue weighted by Gasteiger charge is -2.41. The molecule has 1 saturated carbocycles. The maximum Gasteiger partial charge on any atom is 0.224 e. The molecule has 1 aromatic carbocycles. The minimum atomic E-state index is -1.77. The fourth-order valence-electron chi connectivity index (χ4n) is 4.66. The molecule has 0 unspecified atom stereocenters. The van der Waals surface area contributed by atoms with Crippen molar-refractivity contribution in [3.8, 4) is 11.1 Å². The number of hydrogen-bond donors (Lipinski definition) is 1. The van der Waals surface area contributed by atoms with Gasteiger partial charge in [0, 0.05) is 42.0 Å². The first kappa shape index (κ1) is 25.8. The molecule has 0 radical (unpaired) electrons. The predicted octanol–water partition coefficient (Wildman–Crippen LogP) is 7.95. The second-order valence-electron chi connectivity index (χ2n) is 11.5. The molecule has 190 valence electrons. The molecule has 0 bridgehead atoms. The van der Waals surface area contributed by atoms with E-state index < -0.39 is 8.32 Å². The Balaban J connectivity index is 1.61. The fourth-order valence-corrected chi connectivity index (χ4v) is 6.09. The minimum Gasteiger partial charge on any atom is -0.414 e. The van der Waals surface area contributed by atoms with Gasteiger partial charge in [0.25, 0.3) is 0 Å². The molecule has 1 fully saturated rings. The average Bonchev–Trinajstić information content (AvgIpc) is 3.18. The van der Waals surface area contributed by atoms with Crippen LogP contribution in [0.3, 0.4) is 0 Å². The first-order chi connectivity index (χ1) is 16.6. The average molecular weight is 497 g/mol. The maximum absolute atomic E-state index is 13.6. The highest BCUT2D eigenvalue weighted by molar-refractivity contribution is 6.74. The number of aromatic nitrogens is 3. The minimum absolute atomic E-state index is 0.225. The van der Waals surface area contributed by atoms with Gasteiger partial charge < -0.3 is 14.3 Å². The van der Waals surface area contributed by atoms with E-state index >= 15 is 0 Å². The van der Waals surface area contributed by atoms with E-state index in [4.69, 9.17) is 9.41 Å². The van der Waals surface area contributed by atoms with Crippen LogP contribution < -0.4 is 5.32 Å². The molecule has 0 spiro atoms. The van der Waals surface area contributed by atoms with Crippen LogP contribution >= 0.6 is 0 Å². The second-order valence-corrected chi connectivity index (χ2v) is 16.2. The van der Waals surface area contributed by atoms with E-state index in [1.165, 1.54) is 12.1 Å². The van der Waals surface area contributed by atoms with Crippen LogP contribution in [0, 0.1) is 5.82 Å². The number of rotatable bonds is 8. The van der Waals surface area contributed by atoms with Gasteiger partial charge in [0.05, 0.1) is 0 Å². The van der Waals surface area contributed by atoms with Crippen LogP contribution in [-0.4, -0.2) is 35.5 Å². The summed E-state index contributed by atoms with van der Waals surface area (Å²) in [5, 5.41) is 4.61. The Morgan fingerprint density at radius 2 is 1.80 bits per heavy atom. The van der Waals surface area contributed by atoms with Gasteiger partial charge in [-0.3, -0.25) is 0 Å². The number of nitrogens with one attached hydrogen (secondary N) is 1. The smallest absolute Gasteiger partial charge is 0.224 e. The SMILES string of the molecule is CCCCNc1ncc2c(-c3ccc(F)cc3)cn([C@H]3CC[C@H](O[Si](C)(C)C(C)(C)C)CC3)c2n1. The largest absolute Gasteiger partial charge is 0.414 e. The zero-order valence-electron chi connectivity index (χ0n) is 22.2. The van der Waals surface area contributed by atoms with Crippen molar-refractivity contribution in [2.75, 3.05) is 11.9 Å². The molecule has 0 atom stereocenters. The third-order valence-corrected chi connectivity index (χ3v) is 12.4. The van der Waals surface area contributed by atoms with E-state index in [0.717, 1.165) is 67.2 Å². The summed E-state index contributed by atoms with van der Waals surface area (Å²) in [6.07, 6.45) is 10.9. The molecule has 0 saturated heterocycles. The van der Waals surface area contributed by atoms with Crippen molar-refractivity contribution in [3.63, 3.8) is 0 Å². The number of unbranched alkanes of at least 4 members (excludes halogenated alkanes) is 1. The molecule has 1 aliphatic rings. The summed E-state index contributed by atoms with van der Waals surface area (Å²) in [7, 11) is -1.77. The number of benzene rings is 1. The van der Waals surface area contributed by atoms with E-state index in [1.807, 2.05) is 18.3 Å². The van der Waals surface area contributed by atoms with Gasteiger partial charge in [0.2, 0.25) is 5.95 Å². The van der Waals surface area contributed by atoms with Crippen LogP contribution in [0.5, 0.6) is 0 Å². The highest BCUT2D eigenvalue weighted by Crippen LogP contribution is 2.41. The van der Waals surface area contributed by atoms with E-state index in [2.05, 4.69) is 61.9 Å². The van der Waals surface area contributed by atoms with E-state index in [-0.39, 0.29) is 10.9 Å². The van der Waals surface area contributed by atoms with Gasteiger partial charge in [-0.25, -0.2) is 9.37 Å². The molecule has 1 aliphatic carbocycles. The van der Waals surface area contributed by atoms with Crippen LogP contribution in [0.15, 0.2) is 36.7 Å². The quantitative estimate of drug-likeness (QED) is 0.254. The Labute approximate surface area is 210 Å². The molecule has 3 aromatic rings. The summed E-state index contributed by atoms with van der Waals surface area (Å²) in [4.78, 5) is 9.53. The van der Waals surface area contributed by atoms with Crippen molar-refractivity contribution < 1.29 is 8.82 Å². The summed E-state index contributed by atoms with van der Waals surface area (Å²) in [6, 6.07) is 7.08. The molecule has 7 heteroatoms. The molecule has 0 amide bonds. The molecule has 2 heterocycles. The highest BCUT2D eigenvalue weighted by Gasteiger charge is 2.40. The van der Waals surface area contributed by atoms with Crippen LogP contribution in [0.1, 0.15) is 72.3 Å². The molecule has 1 N–H and O–H groups in total. The Kier molecular flexibility index (Phi) is 7.67. The number of fused-ring (bicyclic) bond motifs is 1. The van der Waals surface area contributed by atoms with Crippen LogP contribution in [-0.2, 0) is 4.43 Å². The first-order valence-corrected chi connectivity index (χ1v) is 16.0. The number of halogens is 1. The van der Waals surface area contributed by atoms with Crippen molar-refractivity contribution in [2.24, 2.45) is 0 Å². The standard InChI is InChI=1S/C28H41FN4OSi/c1-7-8-17-30-27-31-18-24-25(20-9-11-21(29)12-10-20)19-33(26(24)32-27)22-13-15-23(16-14-22)34-35(5,6)28(2,3)4/h9-12,18-19,22-23H,7-8,13-17H2,1-6H3,(H,30,31,32)/t22-,23-. The Morgan fingerprint density at radius 3 is 2.43 bits per heavy atom. The molecule has 2 aromatic heterocycles. The van der Waals surface area contributed by atoms with Crippen LogP contribution in [0.2, 0.25) is 18.1 Å². The lowest BCUT2D eigenvalue weighted by Crippen LogP contribution is -2.44. The molecule has 0 aliphatic heterocycles. The van der Waals surface area contributed by atoms with Gasteiger partial charge in [-0.05, 0) is 67.9 Å². The summed E-state index contributed by atoms with van der Waals surface area (Å²) >= 11 is 0. The number of anilines is 1. The second kappa shape index (κ2) is 10.4. The van der Waals surface area contributed by atoms with Gasteiger partial charge in [-0.1, -0.05) is 46.2 Å². The van der Waals surface area contributed by atoms with E-state index in [0.29, 0.717) is 18.1 Å². The van der Waals surface area contributed by atoms with Crippen molar-refractivity contribution in [1.82, 2.24) is 14.5 Å². The summed E-state index contributed by atoms with van der Waals surface area (Å²) in [5.41, 5.74) is 2.99. The molecule has 5 nitrogen and oxygen atoms in total. The fraction of sp³-hybridized carbons (Fsp3) is 0.571. The Morgan fingerprint density at radius 1 is 1.11 bits per heavy atom. The van der Waals surface area contributed by atoms with Crippen molar-refractivity contribution in [3.05, 3.63) is 42.5 Å². The monoisotopic (exact) mass is 496 g/mol. The van der Waals surface area contributed by atoms with Crippen molar-refractivity contribution in [2.45, 2.75) is 96.5 Å². The number of hydrogen-bond acceptors (Lipinski definition) is 4. The van der Waals surface area contributed by atoms with Crippen LogP contribution in [0.25, 0.3) is 22.2 Å². The molecule has 35 heavy (non-hydrogen) atoms. The zero-order chi connectivity index (χ0) is 25.2. The summed E-state index contributed by atoms with van der Waals surface area (Å²) in [6.45, 7) is 14.6. The van der Waals surface area contributed by atoms with Gasteiger partial charge in [0.15, 0.2) is 8.32 Å². The van der Waals surface area contributed by atoms with Crippen LogP contribution in [0.4, 0.5) is 10.3 Å². The first-order valence-electron chi connectivity index (χ1n) is 13.1. The summed E-state index contributed by atoms with van der Waals surface area (Å²) in [5.74, 6) is 0.446. The Bertz CT molecular complexity index is 1130. The normalized spacial score (nSPS) is 19.3.